The van der Waals surface area contributed by atoms with E-state index in [2.05, 4.69) is 5.32 Å². The van der Waals surface area contributed by atoms with Crippen LogP contribution in [0.3, 0.4) is 0 Å². The average Bonchev–Trinajstić information content (AvgIpc) is 2.36. The zero-order valence-corrected chi connectivity index (χ0v) is 9.81. The summed E-state index contributed by atoms with van der Waals surface area (Å²) in [6.45, 7) is 2.41. The number of hydrogen-bond acceptors (Lipinski definition) is 3. The van der Waals surface area contributed by atoms with E-state index in [4.69, 9.17) is 10.4 Å². The van der Waals surface area contributed by atoms with Gasteiger partial charge in [-0.05, 0) is 23.6 Å². The smallest absolute Gasteiger partial charge is 0.224 e. The molecule has 90 valence electrons. The Kier molecular flexibility index (Phi) is 5.18. The van der Waals surface area contributed by atoms with Gasteiger partial charge in [-0.25, -0.2) is 0 Å². The molecule has 0 aromatic heterocycles. The molecule has 0 radical (unpaired) electrons. The van der Waals surface area contributed by atoms with Crippen LogP contribution in [0.5, 0.6) is 0 Å². The Morgan fingerprint density at radius 3 is 2.65 bits per heavy atom. The van der Waals surface area contributed by atoms with Gasteiger partial charge in [-0.15, -0.1) is 0 Å². The first-order valence-corrected chi connectivity index (χ1v) is 5.52. The second kappa shape index (κ2) is 6.66. The number of rotatable bonds is 5. The van der Waals surface area contributed by atoms with Crippen molar-refractivity contribution in [2.24, 2.45) is 5.92 Å². The summed E-state index contributed by atoms with van der Waals surface area (Å²) in [5.41, 5.74) is 1.46. The third kappa shape index (κ3) is 4.66. The van der Waals surface area contributed by atoms with Crippen molar-refractivity contribution < 1.29 is 9.90 Å². The summed E-state index contributed by atoms with van der Waals surface area (Å²) in [5, 5.41) is 20.2. The van der Waals surface area contributed by atoms with Crippen molar-refractivity contribution in [2.45, 2.75) is 13.3 Å². The molecule has 1 rings (SSSR count). The first-order valence-electron chi connectivity index (χ1n) is 5.52. The van der Waals surface area contributed by atoms with Gasteiger partial charge in [-0.3, -0.25) is 4.79 Å². The van der Waals surface area contributed by atoms with Crippen LogP contribution < -0.4 is 5.32 Å². The lowest BCUT2D eigenvalue weighted by Gasteiger charge is -2.09. The van der Waals surface area contributed by atoms with Crippen LogP contribution in [0.2, 0.25) is 0 Å². The van der Waals surface area contributed by atoms with Gasteiger partial charge in [0.1, 0.15) is 0 Å². The van der Waals surface area contributed by atoms with E-state index in [-0.39, 0.29) is 18.4 Å². The van der Waals surface area contributed by atoms with E-state index < -0.39 is 0 Å². The Labute approximate surface area is 101 Å². The monoisotopic (exact) mass is 232 g/mol. The molecule has 0 saturated heterocycles. The van der Waals surface area contributed by atoms with Crippen LogP contribution in [-0.2, 0) is 11.2 Å². The zero-order chi connectivity index (χ0) is 12.7. The number of amides is 1. The van der Waals surface area contributed by atoms with Crippen LogP contribution in [0.25, 0.3) is 0 Å². The van der Waals surface area contributed by atoms with Crippen LogP contribution in [-0.4, -0.2) is 24.2 Å². The molecule has 0 saturated carbocycles. The van der Waals surface area contributed by atoms with Crippen LogP contribution in [0.15, 0.2) is 24.3 Å². The first-order chi connectivity index (χ1) is 8.15. The number of aliphatic hydroxyl groups is 1. The van der Waals surface area contributed by atoms with Crippen LogP contribution in [0.1, 0.15) is 18.1 Å². The van der Waals surface area contributed by atoms with E-state index in [0.29, 0.717) is 18.5 Å². The van der Waals surface area contributed by atoms with Gasteiger partial charge in [0.05, 0.1) is 18.1 Å². The fourth-order valence-corrected chi connectivity index (χ4v) is 1.30. The number of nitrogens with one attached hydrogen (secondary N) is 1. The topological polar surface area (TPSA) is 73.1 Å². The van der Waals surface area contributed by atoms with Gasteiger partial charge >= 0.3 is 0 Å². The van der Waals surface area contributed by atoms with E-state index >= 15 is 0 Å². The minimum atomic E-state index is -0.0741. The lowest BCUT2D eigenvalue weighted by atomic mass is 10.1. The van der Waals surface area contributed by atoms with Crippen molar-refractivity contribution in [2.75, 3.05) is 13.2 Å². The van der Waals surface area contributed by atoms with E-state index in [1.54, 1.807) is 24.3 Å². The molecule has 0 aliphatic carbocycles. The first kappa shape index (κ1) is 13.2. The molecule has 0 fully saturated rings. The molecule has 0 aliphatic rings. The number of carbonyl (C=O) groups excluding carboxylic acids is 1. The predicted molar refractivity (Wildman–Crippen MR) is 64.1 cm³/mol. The second-order valence-electron chi connectivity index (χ2n) is 4.08. The minimum Gasteiger partial charge on any atom is -0.396 e. The molecule has 0 aliphatic heterocycles. The molecule has 1 unspecified atom stereocenters. The molecule has 1 atom stereocenters. The largest absolute Gasteiger partial charge is 0.396 e. The quantitative estimate of drug-likeness (QED) is 0.790. The summed E-state index contributed by atoms with van der Waals surface area (Å²) in [6, 6.07) is 8.96. The van der Waals surface area contributed by atoms with E-state index in [0.717, 1.165) is 5.56 Å². The van der Waals surface area contributed by atoms with Crippen molar-refractivity contribution in [3.05, 3.63) is 35.4 Å². The highest BCUT2D eigenvalue weighted by atomic mass is 16.3. The Morgan fingerprint density at radius 2 is 2.12 bits per heavy atom. The summed E-state index contributed by atoms with van der Waals surface area (Å²) >= 11 is 0. The summed E-state index contributed by atoms with van der Waals surface area (Å²) in [6.07, 6.45) is 0.295. The molecule has 17 heavy (non-hydrogen) atoms. The Morgan fingerprint density at radius 1 is 1.47 bits per heavy atom. The number of hydrogen-bond donors (Lipinski definition) is 2. The molecular weight excluding hydrogens is 216 g/mol. The maximum Gasteiger partial charge on any atom is 0.224 e. The van der Waals surface area contributed by atoms with Crippen LogP contribution >= 0.6 is 0 Å². The normalized spacial score (nSPS) is 11.6. The molecule has 1 aromatic carbocycles. The van der Waals surface area contributed by atoms with Crippen LogP contribution in [0, 0.1) is 17.2 Å². The predicted octanol–water partition coefficient (Wildman–Crippen LogP) is 0.845. The number of benzene rings is 1. The van der Waals surface area contributed by atoms with Crippen molar-refractivity contribution >= 4 is 5.91 Å². The molecule has 4 nitrogen and oxygen atoms in total. The van der Waals surface area contributed by atoms with Gasteiger partial charge in [0.15, 0.2) is 0 Å². The molecule has 2 N–H and O–H groups in total. The molecule has 4 heteroatoms. The highest BCUT2D eigenvalue weighted by molar-refractivity contribution is 5.78. The summed E-state index contributed by atoms with van der Waals surface area (Å²) < 4.78 is 0. The van der Waals surface area contributed by atoms with Gasteiger partial charge < -0.3 is 10.4 Å². The summed E-state index contributed by atoms with van der Waals surface area (Å²) in [5.74, 6) is -0.00470. The van der Waals surface area contributed by atoms with Crippen molar-refractivity contribution in [1.82, 2.24) is 5.32 Å². The second-order valence-corrected chi connectivity index (χ2v) is 4.08. The number of carbonyl (C=O) groups is 1. The van der Waals surface area contributed by atoms with Gasteiger partial charge in [0.25, 0.3) is 0 Å². The highest BCUT2D eigenvalue weighted by Crippen LogP contribution is 2.04. The molecular formula is C13H16N2O2. The standard InChI is InChI=1S/C13H16N2O2/c1-10(9-16)8-15-13(17)6-11-2-4-12(7-14)5-3-11/h2-5,10,16H,6,8-9H2,1H3,(H,15,17). The molecule has 1 aromatic rings. The van der Waals surface area contributed by atoms with E-state index in [1.807, 2.05) is 13.0 Å². The van der Waals surface area contributed by atoms with Gasteiger partial charge in [-0.1, -0.05) is 19.1 Å². The van der Waals surface area contributed by atoms with E-state index in [1.165, 1.54) is 0 Å². The van der Waals surface area contributed by atoms with Crippen molar-refractivity contribution in [3.8, 4) is 6.07 Å². The fraction of sp³-hybridized carbons (Fsp3) is 0.385. The molecule has 0 heterocycles. The zero-order valence-electron chi connectivity index (χ0n) is 9.81. The van der Waals surface area contributed by atoms with Crippen LogP contribution in [0.4, 0.5) is 0 Å². The van der Waals surface area contributed by atoms with Gasteiger partial charge in [0.2, 0.25) is 5.91 Å². The number of nitrogens with zero attached hydrogens (tertiary/aromatic N) is 1. The van der Waals surface area contributed by atoms with Crippen molar-refractivity contribution in [1.29, 1.82) is 5.26 Å². The third-order valence-corrected chi connectivity index (χ3v) is 2.41. The Bertz CT molecular complexity index is 406. The highest BCUT2D eigenvalue weighted by Gasteiger charge is 2.05. The summed E-state index contributed by atoms with van der Waals surface area (Å²) in [7, 11) is 0. The van der Waals surface area contributed by atoms with Gasteiger partial charge in [0, 0.05) is 13.2 Å². The lowest BCUT2D eigenvalue weighted by molar-refractivity contribution is -0.120. The lowest BCUT2D eigenvalue weighted by Crippen LogP contribution is -2.30. The number of aliphatic hydroxyl groups excluding tert-OH is 1. The summed E-state index contributed by atoms with van der Waals surface area (Å²) in [4.78, 5) is 11.5. The van der Waals surface area contributed by atoms with Crippen molar-refractivity contribution in [3.63, 3.8) is 0 Å². The average molecular weight is 232 g/mol. The van der Waals surface area contributed by atoms with Gasteiger partial charge in [-0.2, -0.15) is 5.26 Å². The Balaban J connectivity index is 2.43. The third-order valence-electron chi connectivity index (χ3n) is 2.41. The maximum absolute atomic E-state index is 11.5. The SMILES string of the molecule is CC(CO)CNC(=O)Cc1ccc(C#N)cc1. The molecule has 0 bridgehead atoms. The Hall–Kier alpha value is -1.86. The minimum absolute atomic E-state index is 0.0666. The maximum atomic E-state index is 11.5. The number of nitriles is 1. The molecule has 1 amide bonds. The van der Waals surface area contributed by atoms with E-state index in [9.17, 15) is 4.79 Å². The molecule has 0 spiro atoms. The fourth-order valence-electron chi connectivity index (χ4n) is 1.30.